The second kappa shape index (κ2) is 1.88. The molecule has 0 bridgehead atoms. The Morgan fingerprint density at radius 3 is 2.57 bits per heavy atom. The second-order valence-corrected chi connectivity index (χ2v) is 3.12. The zero-order valence-electron chi connectivity index (χ0n) is 3.68. The van der Waals surface area contributed by atoms with E-state index in [9.17, 15) is 0 Å². The van der Waals surface area contributed by atoms with E-state index in [0.717, 1.165) is 9.74 Å². The van der Waals surface area contributed by atoms with E-state index in [4.69, 9.17) is 0 Å². The van der Waals surface area contributed by atoms with Gasteiger partial charge in [-0.3, -0.25) is 0 Å². The van der Waals surface area contributed by atoms with Crippen LogP contribution in [-0.2, 0) is 0 Å². The first kappa shape index (κ1) is 5.18. The lowest BCUT2D eigenvalue weighted by molar-refractivity contribution is 1.15. The van der Waals surface area contributed by atoms with Crippen molar-refractivity contribution in [1.29, 1.82) is 0 Å². The molecule has 0 amide bonds. The van der Waals surface area contributed by atoms with Crippen LogP contribution in [0.15, 0.2) is 3.92 Å². The Labute approximate surface area is 53.9 Å². The Kier molecular flexibility index (Phi) is 1.39. The lowest BCUT2D eigenvalue weighted by atomic mass is 10.8. The van der Waals surface area contributed by atoms with Gasteiger partial charge < -0.3 is 0 Å². The smallest absolute Gasteiger partial charge is 0.179 e. The van der Waals surface area contributed by atoms with Gasteiger partial charge in [-0.1, -0.05) is 0 Å². The third-order valence-corrected chi connectivity index (χ3v) is 1.71. The number of aromatic nitrogens is 2. The molecule has 1 aromatic rings. The van der Waals surface area contributed by atoms with Gasteiger partial charge in [0.05, 0.1) is 0 Å². The Morgan fingerprint density at radius 2 is 2.43 bits per heavy atom. The van der Waals surface area contributed by atoms with Crippen LogP contribution in [0.3, 0.4) is 0 Å². The zero-order valence-corrected chi connectivity index (χ0v) is 6.08. The topological polar surface area (TPSA) is 25.8 Å². The summed E-state index contributed by atoms with van der Waals surface area (Å²) in [7, 11) is 0. The zero-order chi connectivity index (χ0) is 5.28. The highest BCUT2D eigenvalue weighted by molar-refractivity contribution is 9.11. The molecule has 0 N–H and O–H groups in total. The van der Waals surface area contributed by atoms with E-state index < -0.39 is 0 Å². The summed E-state index contributed by atoms with van der Waals surface area (Å²) < 4.78 is 4.75. The van der Waals surface area contributed by atoms with Crippen LogP contribution in [0.25, 0.3) is 0 Å². The highest BCUT2D eigenvalue weighted by Crippen LogP contribution is 2.10. The summed E-state index contributed by atoms with van der Waals surface area (Å²) in [6, 6.07) is 0. The largest absolute Gasteiger partial charge is 0.213 e. The first-order valence-electron chi connectivity index (χ1n) is 1.75. The van der Waals surface area contributed by atoms with E-state index in [2.05, 4.69) is 25.3 Å². The van der Waals surface area contributed by atoms with Gasteiger partial charge in [0.2, 0.25) is 0 Å². The number of aryl methyl sites for hydroxylation is 1. The summed E-state index contributed by atoms with van der Waals surface area (Å²) in [5.41, 5.74) is 0. The maximum Gasteiger partial charge on any atom is 0.179 e. The molecule has 0 aromatic carbocycles. The Bertz CT molecular complexity index is 145. The molecule has 38 valence electrons. The Balaban J connectivity index is 3.04. The predicted molar refractivity (Wildman–Crippen MR) is 32.3 cm³/mol. The van der Waals surface area contributed by atoms with Crippen molar-refractivity contribution in [2.24, 2.45) is 0 Å². The molecule has 0 fully saturated rings. The molecule has 0 saturated carbocycles. The van der Waals surface area contributed by atoms with Crippen molar-refractivity contribution in [1.82, 2.24) is 9.36 Å². The molecule has 1 rings (SSSR count). The molecule has 0 aliphatic carbocycles. The van der Waals surface area contributed by atoms with Crippen LogP contribution in [0.4, 0.5) is 0 Å². The fraction of sp³-hybridized carbons (Fsp3) is 0.333. The lowest BCUT2D eigenvalue weighted by Gasteiger charge is -1.66. The van der Waals surface area contributed by atoms with Gasteiger partial charge in [0.1, 0.15) is 5.82 Å². The van der Waals surface area contributed by atoms with Crippen molar-refractivity contribution in [3.8, 4) is 0 Å². The highest BCUT2D eigenvalue weighted by Gasteiger charge is 1.90. The van der Waals surface area contributed by atoms with Crippen molar-refractivity contribution in [3.63, 3.8) is 0 Å². The average Bonchev–Trinajstić information content (AvgIpc) is 1.87. The lowest BCUT2D eigenvalue weighted by Crippen LogP contribution is -1.67. The fourth-order valence-electron chi connectivity index (χ4n) is 0.272. The average molecular weight is 179 g/mol. The van der Waals surface area contributed by atoms with E-state index in [1.807, 2.05) is 6.92 Å². The molecule has 1 aromatic heterocycles. The van der Waals surface area contributed by atoms with Gasteiger partial charge in [0, 0.05) is 0 Å². The summed E-state index contributed by atoms with van der Waals surface area (Å²) in [5, 5.41) is 0. The van der Waals surface area contributed by atoms with Gasteiger partial charge in [-0.25, -0.2) is 4.98 Å². The quantitative estimate of drug-likeness (QED) is 0.604. The summed E-state index contributed by atoms with van der Waals surface area (Å²) in [4.78, 5) is 3.94. The minimum Gasteiger partial charge on any atom is -0.213 e. The van der Waals surface area contributed by atoms with Gasteiger partial charge in [-0.2, -0.15) is 4.37 Å². The summed E-state index contributed by atoms with van der Waals surface area (Å²) >= 11 is 4.54. The molecule has 0 aliphatic heterocycles. The van der Waals surface area contributed by atoms with Gasteiger partial charge in [-0.05, 0) is 34.4 Å². The molecule has 2 nitrogen and oxygen atoms in total. The van der Waals surface area contributed by atoms with Crippen LogP contribution in [0.2, 0.25) is 0 Å². The van der Waals surface area contributed by atoms with Gasteiger partial charge >= 0.3 is 0 Å². The normalized spacial score (nSPS) is 9.43. The minimum absolute atomic E-state index is 0.830. The van der Waals surface area contributed by atoms with Gasteiger partial charge in [0.25, 0.3) is 0 Å². The number of nitrogens with zero attached hydrogens (tertiary/aromatic N) is 2. The van der Waals surface area contributed by atoms with Crippen LogP contribution >= 0.6 is 27.5 Å². The molecular weight excluding hydrogens is 176 g/mol. The maximum atomic E-state index is 3.94. The first-order valence-corrected chi connectivity index (χ1v) is 3.31. The van der Waals surface area contributed by atoms with E-state index in [1.54, 1.807) is 0 Å². The van der Waals surface area contributed by atoms with Crippen LogP contribution in [0.1, 0.15) is 5.82 Å². The molecule has 0 saturated heterocycles. The minimum atomic E-state index is 0.830. The molecular formula is C3H3BrN2S. The van der Waals surface area contributed by atoms with Crippen molar-refractivity contribution < 1.29 is 0 Å². The third-order valence-electron chi connectivity index (χ3n) is 0.503. The van der Waals surface area contributed by atoms with E-state index in [1.165, 1.54) is 11.5 Å². The van der Waals surface area contributed by atoms with E-state index in [-0.39, 0.29) is 0 Å². The van der Waals surface area contributed by atoms with Crippen molar-refractivity contribution in [2.75, 3.05) is 0 Å². The number of hydrogen-bond donors (Lipinski definition) is 0. The van der Waals surface area contributed by atoms with Gasteiger partial charge in [-0.15, -0.1) is 0 Å². The SMILES string of the molecule is Cc1nsc(Br)n1. The second-order valence-electron chi connectivity index (χ2n) is 1.09. The van der Waals surface area contributed by atoms with Crippen molar-refractivity contribution in [3.05, 3.63) is 9.74 Å². The number of halogens is 1. The molecule has 0 aliphatic rings. The molecule has 7 heavy (non-hydrogen) atoms. The first-order chi connectivity index (χ1) is 3.29. The summed E-state index contributed by atoms with van der Waals surface area (Å²) in [5.74, 6) is 0.830. The van der Waals surface area contributed by atoms with Crippen LogP contribution in [0.5, 0.6) is 0 Å². The number of hydrogen-bond acceptors (Lipinski definition) is 3. The van der Waals surface area contributed by atoms with Crippen molar-refractivity contribution >= 4 is 27.5 Å². The van der Waals surface area contributed by atoms with E-state index in [0.29, 0.717) is 0 Å². The van der Waals surface area contributed by atoms with Crippen LogP contribution in [0, 0.1) is 6.92 Å². The summed E-state index contributed by atoms with van der Waals surface area (Å²) in [6.07, 6.45) is 0. The molecule has 0 spiro atoms. The predicted octanol–water partition coefficient (Wildman–Crippen LogP) is 1.61. The monoisotopic (exact) mass is 178 g/mol. The van der Waals surface area contributed by atoms with Crippen LogP contribution in [-0.4, -0.2) is 9.36 Å². The third kappa shape index (κ3) is 1.21. The molecule has 1 heterocycles. The number of rotatable bonds is 0. The highest BCUT2D eigenvalue weighted by atomic mass is 79.9. The fourth-order valence-corrected chi connectivity index (χ4v) is 1.17. The van der Waals surface area contributed by atoms with E-state index >= 15 is 0 Å². The summed E-state index contributed by atoms with van der Waals surface area (Å²) in [6.45, 7) is 1.86. The molecule has 0 radical (unpaired) electrons. The van der Waals surface area contributed by atoms with Crippen molar-refractivity contribution in [2.45, 2.75) is 6.92 Å². The Morgan fingerprint density at radius 1 is 1.71 bits per heavy atom. The standard InChI is InChI=1S/C3H3BrN2S/c1-2-5-3(4)7-6-2/h1H3. The molecule has 0 atom stereocenters. The maximum absolute atomic E-state index is 3.94. The molecule has 4 heteroatoms. The van der Waals surface area contributed by atoms with Crippen LogP contribution < -0.4 is 0 Å². The molecule has 0 unspecified atom stereocenters. The van der Waals surface area contributed by atoms with Gasteiger partial charge in [0.15, 0.2) is 3.92 Å². The Hall–Kier alpha value is 0.0400.